The van der Waals surface area contributed by atoms with Gasteiger partial charge in [-0.15, -0.1) is 0 Å². The third kappa shape index (κ3) is 4.16. The fraction of sp³-hybridized carbons (Fsp3) is 0.150. The number of carbonyl (C=O) groups excluding carboxylic acids is 2. The van der Waals surface area contributed by atoms with Gasteiger partial charge in [0, 0.05) is 24.9 Å². The van der Waals surface area contributed by atoms with Gasteiger partial charge in [-0.1, -0.05) is 23.9 Å². The smallest absolute Gasteiger partial charge is 0.269 e. The van der Waals surface area contributed by atoms with Crippen molar-refractivity contribution >= 4 is 35.0 Å². The lowest BCUT2D eigenvalue weighted by atomic mass is 10.1. The monoisotopic (exact) mass is 426 g/mol. The predicted octanol–water partition coefficient (Wildman–Crippen LogP) is 2.91. The molecule has 2 amide bonds. The zero-order valence-electron chi connectivity index (χ0n) is 15.7. The third-order valence-corrected chi connectivity index (χ3v) is 5.62. The van der Waals surface area contributed by atoms with Gasteiger partial charge in [-0.3, -0.25) is 24.6 Å². The Hall–Kier alpha value is -3.71. The van der Waals surface area contributed by atoms with Crippen LogP contribution in [0.3, 0.4) is 0 Å². The first-order valence-corrected chi connectivity index (χ1v) is 9.59. The van der Waals surface area contributed by atoms with Crippen LogP contribution in [0.5, 0.6) is 0 Å². The molecule has 1 fully saturated rings. The molecule has 1 aliphatic heterocycles. The van der Waals surface area contributed by atoms with E-state index in [1.54, 1.807) is 6.07 Å². The number of thioether (sulfide) groups is 1. The fourth-order valence-electron chi connectivity index (χ4n) is 2.95. The summed E-state index contributed by atoms with van der Waals surface area (Å²) in [5.41, 5.74) is 0.523. The lowest BCUT2D eigenvalue weighted by Gasteiger charge is -2.18. The maximum atomic E-state index is 13.4. The number of nitriles is 1. The van der Waals surface area contributed by atoms with Crippen LogP contribution in [0, 0.1) is 27.3 Å². The predicted molar refractivity (Wildman–Crippen MR) is 109 cm³/mol. The molecule has 0 aromatic heterocycles. The first-order valence-electron chi connectivity index (χ1n) is 8.71. The van der Waals surface area contributed by atoms with E-state index >= 15 is 0 Å². The molecule has 0 bridgehead atoms. The highest BCUT2D eigenvalue weighted by Crippen LogP contribution is 2.42. The van der Waals surface area contributed by atoms with Crippen LogP contribution in [0.4, 0.5) is 15.8 Å². The van der Waals surface area contributed by atoms with E-state index < -0.39 is 27.8 Å². The van der Waals surface area contributed by atoms with Crippen molar-refractivity contribution in [2.45, 2.75) is 11.7 Å². The van der Waals surface area contributed by atoms with Crippen LogP contribution in [0.2, 0.25) is 0 Å². The van der Waals surface area contributed by atoms with Crippen molar-refractivity contribution < 1.29 is 18.9 Å². The molecule has 1 unspecified atom stereocenters. The summed E-state index contributed by atoms with van der Waals surface area (Å²) in [6.45, 7) is 0. The Morgan fingerprint density at radius 2 is 2.03 bits per heavy atom. The Morgan fingerprint density at radius 3 is 2.63 bits per heavy atom. The summed E-state index contributed by atoms with van der Waals surface area (Å²) in [7, 11) is 1.37. The largest absolute Gasteiger partial charge is 0.354 e. The standard InChI is InChI=1S/C20H15FN4O4S/c1-23-18(26)16(11-22)20-24(14-7-5-13(21)6-8-14)19(27)17(30-20)10-12-3-2-4-15(9-12)25(28)29/h2-9,17H,10H2,1H3,(H,23,26). The van der Waals surface area contributed by atoms with Crippen molar-refractivity contribution in [3.05, 3.63) is 80.6 Å². The summed E-state index contributed by atoms with van der Waals surface area (Å²) in [5, 5.41) is 22.3. The number of anilines is 1. The maximum Gasteiger partial charge on any atom is 0.269 e. The van der Waals surface area contributed by atoms with Gasteiger partial charge in [0.05, 0.1) is 10.2 Å². The minimum absolute atomic E-state index is 0.0998. The second-order valence-electron chi connectivity index (χ2n) is 6.26. The second-order valence-corrected chi connectivity index (χ2v) is 7.45. The molecule has 2 aromatic carbocycles. The summed E-state index contributed by atoms with van der Waals surface area (Å²) < 4.78 is 13.4. The van der Waals surface area contributed by atoms with Crippen LogP contribution in [0.25, 0.3) is 0 Å². The first-order chi connectivity index (χ1) is 14.3. The van der Waals surface area contributed by atoms with E-state index in [0.29, 0.717) is 11.3 Å². The number of amides is 2. The summed E-state index contributed by atoms with van der Waals surface area (Å²) in [6.07, 6.45) is 0.152. The zero-order valence-corrected chi connectivity index (χ0v) is 16.5. The summed E-state index contributed by atoms with van der Waals surface area (Å²) in [4.78, 5) is 37.0. The van der Waals surface area contributed by atoms with Gasteiger partial charge in [0.1, 0.15) is 22.5 Å². The van der Waals surface area contributed by atoms with Crippen molar-refractivity contribution in [3.8, 4) is 6.07 Å². The lowest BCUT2D eigenvalue weighted by molar-refractivity contribution is -0.384. The highest BCUT2D eigenvalue weighted by atomic mass is 32.2. The molecule has 1 atom stereocenters. The summed E-state index contributed by atoms with van der Waals surface area (Å²) in [5.74, 6) is -1.57. The average Bonchev–Trinajstić information content (AvgIpc) is 3.05. The van der Waals surface area contributed by atoms with E-state index in [4.69, 9.17) is 0 Å². The zero-order chi connectivity index (χ0) is 21.8. The number of halogens is 1. The number of hydrogen-bond donors (Lipinski definition) is 1. The van der Waals surface area contributed by atoms with Gasteiger partial charge in [0.15, 0.2) is 0 Å². The van der Waals surface area contributed by atoms with E-state index in [9.17, 15) is 29.4 Å². The molecule has 0 spiro atoms. The van der Waals surface area contributed by atoms with Gasteiger partial charge >= 0.3 is 0 Å². The van der Waals surface area contributed by atoms with Crippen molar-refractivity contribution in [2.75, 3.05) is 11.9 Å². The van der Waals surface area contributed by atoms with Gasteiger partial charge in [-0.25, -0.2) is 4.39 Å². The number of nitro groups is 1. The van der Waals surface area contributed by atoms with Crippen LogP contribution < -0.4 is 10.2 Å². The Morgan fingerprint density at radius 1 is 1.33 bits per heavy atom. The molecular weight excluding hydrogens is 411 g/mol. The van der Waals surface area contributed by atoms with E-state index in [-0.39, 0.29) is 22.7 Å². The third-order valence-electron chi connectivity index (χ3n) is 4.36. The van der Waals surface area contributed by atoms with Crippen molar-refractivity contribution in [1.82, 2.24) is 5.32 Å². The number of nitrogens with one attached hydrogen (secondary N) is 1. The molecule has 8 nitrogen and oxygen atoms in total. The van der Waals surface area contributed by atoms with Gasteiger partial charge in [0.25, 0.3) is 11.6 Å². The molecule has 1 heterocycles. The average molecular weight is 426 g/mol. The van der Waals surface area contributed by atoms with Crippen LogP contribution in [-0.2, 0) is 16.0 Å². The molecule has 0 aliphatic carbocycles. The Bertz CT molecular complexity index is 1090. The highest BCUT2D eigenvalue weighted by molar-refractivity contribution is 8.05. The van der Waals surface area contributed by atoms with Crippen molar-refractivity contribution in [2.24, 2.45) is 0 Å². The van der Waals surface area contributed by atoms with Gasteiger partial charge in [-0.05, 0) is 36.2 Å². The van der Waals surface area contributed by atoms with Crippen LogP contribution in [0.15, 0.2) is 59.1 Å². The van der Waals surface area contributed by atoms with E-state index in [2.05, 4.69) is 5.32 Å². The molecular formula is C20H15FN4O4S. The number of carbonyl (C=O) groups is 2. The fourth-order valence-corrected chi connectivity index (χ4v) is 4.26. The lowest BCUT2D eigenvalue weighted by Crippen LogP contribution is -2.31. The minimum atomic E-state index is -0.722. The number of benzene rings is 2. The number of likely N-dealkylation sites (N-methyl/N-ethyl adjacent to an activating group) is 1. The highest BCUT2D eigenvalue weighted by Gasteiger charge is 2.40. The molecule has 1 saturated heterocycles. The van der Waals surface area contributed by atoms with Crippen LogP contribution in [0.1, 0.15) is 5.56 Å². The minimum Gasteiger partial charge on any atom is -0.354 e. The van der Waals surface area contributed by atoms with Crippen molar-refractivity contribution in [1.29, 1.82) is 5.26 Å². The van der Waals surface area contributed by atoms with Gasteiger partial charge in [0.2, 0.25) is 5.91 Å². The maximum absolute atomic E-state index is 13.4. The normalized spacial score (nSPS) is 17.4. The molecule has 1 aliphatic rings. The summed E-state index contributed by atoms with van der Waals surface area (Å²) >= 11 is 1.02. The van der Waals surface area contributed by atoms with E-state index in [0.717, 1.165) is 11.8 Å². The molecule has 0 saturated carbocycles. The van der Waals surface area contributed by atoms with E-state index in [1.165, 1.54) is 54.4 Å². The topological polar surface area (TPSA) is 116 Å². The van der Waals surface area contributed by atoms with Crippen LogP contribution >= 0.6 is 11.8 Å². The number of hydrogen-bond acceptors (Lipinski definition) is 6. The number of non-ortho nitro benzene ring substituents is 1. The van der Waals surface area contributed by atoms with Gasteiger partial charge in [-0.2, -0.15) is 5.26 Å². The Kier molecular flexibility index (Phi) is 6.13. The van der Waals surface area contributed by atoms with Crippen molar-refractivity contribution in [3.63, 3.8) is 0 Å². The van der Waals surface area contributed by atoms with Crippen LogP contribution in [-0.4, -0.2) is 29.0 Å². The molecule has 1 N–H and O–H groups in total. The molecule has 0 radical (unpaired) electrons. The Labute approximate surface area is 175 Å². The number of nitro benzene ring substituents is 1. The SMILES string of the molecule is CNC(=O)C(C#N)=C1SC(Cc2cccc([N+](=O)[O-])c2)C(=O)N1c1ccc(F)cc1. The quantitative estimate of drug-likeness (QED) is 0.340. The second kappa shape index (κ2) is 8.75. The van der Waals surface area contributed by atoms with E-state index in [1.807, 2.05) is 6.07 Å². The molecule has 3 rings (SSSR count). The molecule has 10 heteroatoms. The number of rotatable bonds is 5. The Balaban J connectivity index is 2.03. The number of nitrogens with zero attached hydrogens (tertiary/aromatic N) is 3. The first kappa shape index (κ1) is 21.0. The molecule has 152 valence electrons. The molecule has 2 aromatic rings. The van der Waals surface area contributed by atoms with Gasteiger partial charge < -0.3 is 5.32 Å². The summed E-state index contributed by atoms with van der Waals surface area (Å²) in [6, 6.07) is 12.8. The molecule has 30 heavy (non-hydrogen) atoms.